The highest BCUT2D eigenvalue weighted by Gasteiger charge is 2.40. The fourth-order valence-corrected chi connectivity index (χ4v) is 1.94. The van der Waals surface area contributed by atoms with Crippen LogP contribution in [0.1, 0.15) is 6.42 Å². The van der Waals surface area contributed by atoms with Gasteiger partial charge in [-0.1, -0.05) is 0 Å². The lowest BCUT2D eigenvalue weighted by atomic mass is 10.1. The van der Waals surface area contributed by atoms with Gasteiger partial charge in [0.2, 0.25) is 6.29 Å². The molecule has 0 aliphatic carbocycles. The Kier molecular flexibility index (Phi) is 6.33. The Balaban J connectivity index is 2.44. The van der Waals surface area contributed by atoms with Crippen molar-refractivity contribution in [2.24, 2.45) is 5.73 Å². The number of nitrogens with two attached hydrogens (primary N) is 1. The Hall–Kier alpha value is -0.380. The van der Waals surface area contributed by atoms with Gasteiger partial charge in [-0.15, -0.1) is 0 Å². The zero-order valence-electron chi connectivity index (χ0n) is 10.1. The molecule has 0 aromatic rings. The topological polar surface area (TPSA) is 122 Å². The van der Waals surface area contributed by atoms with Gasteiger partial charge < -0.3 is 30.5 Å². The monoisotopic (exact) mass is 281 g/mol. The van der Waals surface area contributed by atoms with Gasteiger partial charge in [0.05, 0.1) is 6.61 Å². The summed E-state index contributed by atoms with van der Waals surface area (Å²) in [6.07, 6.45) is -3.03. The Labute approximate surface area is 109 Å². The van der Waals surface area contributed by atoms with Crippen LogP contribution >= 0.6 is 11.8 Å². The third kappa shape index (κ3) is 4.08. The van der Waals surface area contributed by atoms with E-state index in [1.807, 2.05) is 6.26 Å². The number of rotatable bonds is 5. The second kappa shape index (κ2) is 7.27. The third-order valence-electron chi connectivity index (χ3n) is 2.62. The Morgan fingerprint density at radius 2 is 2.17 bits per heavy atom. The lowest BCUT2D eigenvalue weighted by Crippen LogP contribution is -2.55. The van der Waals surface area contributed by atoms with E-state index in [9.17, 15) is 20.1 Å². The number of carbonyl (C=O) groups excluding carboxylic acids is 1. The second-order valence-corrected chi connectivity index (χ2v) is 5.06. The molecule has 5 atom stereocenters. The molecule has 0 unspecified atom stereocenters. The molecule has 1 aliphatic rings. The van der Waals surface area contributed by atoms with Crippen LogP contribution in [0.2, 0.25) is 0 Å². The molecule has 0 radical (unpaired) electrons. The van der Waals surface area contributed by atoms with Gasteiger partial charge in [-0.05, 0) is 18.4 Å². The first-order chi connectivity index (χ1) is 8.47. The van der Waals surface area contributed by atoms with E-state index in [-0.39, 0.29) is 6.61 Å². The summed E-state index contributed by atoms with van der Waals surface area (Å²) in [5.74, 6) is 0.0165. The van der Waals surface area contributed by atoms with Gasteiger partial charge in [0.1, 0.15) is 24.4 Å². The van der Waals surface area contributed by atoms with Crippen molar-refractivity contribution in [3.05, 3.63) is 0 Å². The molecule has 5 N–H and O–H groups in total. The molecule has 18 heavy (non-hydrogen) atoms. The van der Waals surface area contributed by atoms with E-state index in [0.717, 1.165) is 0 Å². The van der Waals surface area contributed by atoms with Crippen molar-refractivity contribution < 1.29 is 29.6 Å². The predicted octanol–water partition coefficient (Wildman–Crippen LogP) is -1.95. The van der Waals surface area contributed by atoms with Crippen LogP contribution in [-0.2, 0) is 14.3 Å². The molecule has 0 amide bonds. The van der Waals surface area contributed by atoms with E-state index in [1.165, 1.54) is 0 Å². The minimum atomic E-state index is -1.48. The van der Waals surface area contributed by atoms with Crippen LogP contribution in [0.5, 0.6) is 0 Å². The van der Waals surface area contributed by atoms with Gasteiger partial charge in [-0.3, -0.25) is 4.79 Å². The van der Waals surface area contributed by atoms with Gasteiger partial charge in [-0.25, -0.2) is 0 Å². The summed E-state index contributed by atoms with van der Waals surface area (Å²) in [4.78, 5) is 11.6. The number of hydrogen-bond donors (Lipinski definition) is 4. The molecule has 1 saturated heterocycles. The molecule has 1 fully saturated rings. The van der Waals surface area contributed by atoms with Crippen LogP contribution in [0.15, 0.2) is 0 Å². The first kappa shape index (κ1) is 15.7. The number of esters is 1. The zero-order chi connectivity index (χ0) is 13.7. The smallest absolute Gasteiger partial charge is 0.325 e. The van der Waals surface area contributed by atoms with Gasteiger partial charge in [-0.2, -0.15) is 11.8 Å². The van der Waals surface area contributed by atoms with Crippen molar-refractivity contribution in [1.29, 1.82) is 0 Å². The summed E-state index contributed by atoms with van der Waals surface area (Å²) < 4.78 is 9.80. The Morgan fingerprint density at radius 3 is 2.78 bits per heavy atom. The highest BCUT2D eigenvalue weighted by Crippen LogP contribution is 2.17. The molecular formula is C10H19NO6S. The number of aliphatic hydroxyl groups is 3. The SMILES string of the molecule is CSCC[C@H](N)C(=O)O[C@@H]1OC[C@@H](O)[C@@H](O)[C@@H]1O. The highest BCUT2D eigenvalue weighted by atomic mass is 32.2. The summed E-state index contributed by atoms with van der Waals surface area (Å²) in [6, 6.07) is -0.794. The van der Waals surface area contributed by atoms with Crippen molar-refractivity contribution in [1.82, 2.24) is 0 Å². The number of carbonyl (C=O) groups is 1. The van der Waals surface area contributed by atoms with Crippen LogP contribution in [0.3, 0.4) is 0 Å². The summed E-state index contributed by atoms with van der Waals surface area (Å²) >= 11 is 1.55. The average molecular weight is 281 g/mol. The number of aliphatic hydroxyl groups excluding tert-OH is 3. The van der Waals surface area contributed by atoms with Crippen molar-refractivity contribution >= 4 is 17.7 Å². The number of hydrogen-bond acceptors (Lipinski definition) is 8. The van der Waals surface area contributed by atoms with E-state index < -0.39 is 36.6 Å². The van der Waals surface area contributed by atoms with Crippen LogP contribution in [0.25, 0.3) is 0 Å². The minimum absolute atomic E-state index is 0.212. The first-order valence-corrected chi connectivity index (χ1v) is 6.97. The van der Waals surface area contributed by atoms with E-state index >= 15 is 0 Å². The molecule has 1 heterocycles. The summed E-state index contributed by atoms with van der Waals surface area (Å²) in [5.41, 5.74) is 5.59. The normalized spacial score (nSPS) is 34.1. The minimum Gasteiger partial charge on any atom is -0.432 e. The molecule has 0 spiro atoms. The molecule has 0 bridgehead atoms. The van der Waals surface area contributed by atoms with Gasteiger partial charge in [0.25, 0.3) is 0 Å². The average Bonchev–Trinajstić information content (AvgIpc) is 2.36. The zero-order valence-corrected chi connectivity index (χ0v) is 10.9. The molecule has 1 aliphatic heterocycles. The first-order valence-electron chi connectivity index (χ1n) is 5.58. The summed E-state index contributed by atoms with van der Waals surface area (Å²) in [6.45, 7) is -0.212. The Morgan fingerprint density at radius 1 is 1.50 bits per heavy atom. The van der Waals surface area contributed by atoms with Crippen LogP contribution < -0.4 is 5.73 Å². The van der Waals surface area contributed by atoms with E-state index in [0.29, 0.717) is 12.2 Å². The standard InChI is InChI=1S/C10H19NO6S/c1-18-3-2-5(11)9(15)17-10-8(14)7(13)6(12)4-16-10/h5-8,10,12-14H,2-4,11H2,1H3/t5-,6+,7+,8-,10-/m0/s1. The highest BCUT2D eigenvalue weighted by molar-refractivity contribution is 7.98. The molecule has 106 valence electrons. The van der Waals surface area contributed by atoms with E-state index in [4.69, 9.17) is 15.2 Å². The van der Waals surface area contributed by atoms with Crippen molar-refractivity contribution in [3.8, 4) is 0 Å². The largest absolute Gasteiger partial charge is 0.432 e. The number of ether oxygens (including phenoxy) is 2. The fourth-order valence-electron chi connectivity index (χ4n) is 1.45. The van der Waals surface area contributed by atoms with Crippen LogP contribution in [0.4, 0.5) is 0 Å². The number of thioether (sulfide) groups is 1. The van der Waals surface area contributed by atoms with Crippen molar-refractivity contribution in [2.75, 3.05) is 18.6 Å². The third-order valence-corrected chi connectivity index (χ3v) is 3.27. The van der Waals surface area contributed by atoms with Crippen molar-refractivity contribution in [3.63, 3.8) is 0 Å². The van der Waals surface area contributed by atoms with Crippen molar-refractivity contribution in [2.45, 2.75) is 37.1 Å². The lowest BCUT2D eigenvalue weighted by Gasteiger charge is -2.34. The van der Waals surface area contributed by atoms with E-state index in [2.05, 4.69) is 0 Å². The summed E-state index contributed by atoms with van der Waals surface area (Å²) in [7, 11) is 0. The predicted molar refractivity (Wildman–Crippen MR) is 64.8 cm³/mol. The van der Waals surface area contributed by atoms with Gasteiger partial charge in [0, 0.05) is 0 Å². The Bertz CT molecular complexity index is 279. The molecule has 0 aromatic carbocycles. The quantitative estimate of drug-likeness (QED) is 0.429. The fraction of sp³-hybridized carbons (Fsp3) is 0.900. The lowest BCUT2D eigenvalue weighted by molar-refractivity contribution is -0.263. The van der Waals surface area contributed by atoms with Gasteiger partial charge >= 0.3 is 5.97 Å². The molecular weight excluding hydrogens is 262 g/mol. The van der Waals surface area contributed by atoms with Crippen LogP contribution in [-0.4, -0.2) is 70.5 Å². The summed E-state index contributed by atoms with van der Waals surface area (Å²) in [5, 5.41) is 28.2. The maximum Gasteiger partial charge on any atom is 0.325 e. The molecule has 7 nitrogen and oxygen atoms in total. The molecule has 0 saturated carbocycles. The molecule has 1 rings (SSSR count). The van der Waals surface area contributed by atoms with Crippen LogP contribution in [0, 0.1) is 0 Å². The molecule has 8 heteroatoms. The maximum absolute atomic E-state index is 11.6. The second-order valence-electron chi connectivity index (χ2n) is 4.08. The maximum atomic E-state index is 11.6. The molecule has 0 aromatic heterocycles. The van der Waals surface area contributed by atoms with E-state index in [1.54, 1.807) is 11.8 Å². The van der Waals surface area contributed by atoms with Gasteiger partial charge in [0.15, 0.2) is 0 Å².